The van der Waals surface area contributed by atoms with Gasteiger partial charge in [-0.1, -0.05) is 13.8 Å². The molecule has 4 unspecified atom stereocenters. The normalized spacial score (nSPS) is 44.7. The standard InChI is InChI=1S/C16H30N2O/c1-12-6-8-18(10-13(12)2)15-5-7-16(9-15,11-19)17-14-3-4-14/h12-15,17,19H,3-11H2,1-2H3. The first-order chi connectivity index (χ1) is 9.12. The van der Waals surface area contributed by atoms with E-state index in [1.54, 1.807) is 0 Å². The number of aliphatic hydroxyl groups is 1. The van der Waals surface area contributed by atoms with E-state index in [4.69, 9.17) is 0 Å². The Kier molecular flexibility index (Phi) is 3.89. The summed E-state index contributed by atoms with van der Waals surface area (Å²) in [6, 6.07) is 1.40. The third-order valence-electron chi connectivity index (χ3n) is 5.85. The summed E-state index contributed by atoms with van der Waals surface area (Å²) in [4.78, 5) is 2.71. The quantitative estimate of drug-likeness (QED) is 0.817. The molecule has 0 spiro atoms. The largest absolute Gasteiger partial charge is 0.394 e. The zero-order valence-corrected chi connectivity index (χ0v) is 12.6. The highest BCUT2D eigenvalue weighted by Crippen LogP contribution is 2.37. The number of nitrogens with one attached hydrogen (secondary N) is 1. The lowest BCUT2D eigenvalue weighted by molar-refractivity contribution is 0.0866. The van der Waals surface area contributed by atoms with Gasteiger partial charge in [0, 0.05) is 24.2 Å². The molecule has 0 radical (unpaired) electrons. The topological polar surface area (TPSA) is 35.5 Å². The summed E-state index contributed by atoms with van der Waals surface area (Å²) in [7, 11) is 0. The average Bonchev–Trinajstić information content (AvgIpc) is 3.11. The average molecular weight is 266 g/mol. The second-order valence-electron chi connectivity index (χ2n) is 7.49. The Balaban J connectivity index is 1.58. The van der Waals surface area contributed by atoms with Gasteiger partial charge in [-0.15, -0.1) is 0 Å². The highest BCUT2D eigenvalue weighted by atomic mass is 16.3. The molecule has 110 valence electrons. The molecule has 1 saturated heterocycles. The molecule has 4 atom stereocenters. The summed E-state index contributed by atoms with van der Waals surface area (Å²) in [5.74, 6) is 1.71. The lowest BCUT2D eigenvalue weighted by atomic mass is 9.87. The fourth-order valence-electron chi connectivity index (χ4n) is 4.02. The summed E-state index contributed by atoms with van der Waals surface area (Å²) in [5.41, 5.74) is 0.0398. The number of hydrogen-bond acceptors (Lipinski definition) is 3. The molecule has 2 saturated carbocycles. The van der Waals surface area contributed by atoms with Gasteiger partial charge in [-0.25, -0.2) is 0 Å². The van der Waals surface area contributed by atoms with Crippen molar-refractivity contribution in [1.29, 1.82) is 0 Å². The van der Waals surface area contributed by atoms with Gasteiger partial charge in [0.05, 0.1) is 6.61 Å². The number of piperidine rings is 1. The fraction of sp³-hybridized carbons (Fsp3) is 1.00. The smallest absolute Gasteiger partial charge is 0.0614 e. The zero-order chi connectivity index (χ0) is 13.5. The highest BCUT2D eigenvalue weighted by Gasteiger charge is 2.44. The minimum Gasteiger partial charge on any atom is -0.394 e. The van der Waals surface area contributed by atoms with Crippen LogP contribution in [0.3, 0.4) is 0 Å². The Labute approximate surface area is 117 Å². The van der Waals surface area contributed by atoms with Crippen LogP contribution in [0.15, 0.2) is 0 Å². The number of likely N-dealkylation sites (tertiary alicyclic amines) is 1. The van der Waals surface area contributed by atoms with E-state index >= 15 is 0 Å². The fourth-order valence-corrected chi connectivity index (χ4v) is 4.02. The van der Waals surface area contributed by atoms with E-state index in [2.05, 4.69) is 24.1 Å². The van der Waals surface area contributed by atoms with Gasteiger partial charge >= 0.3 is 0 Å². The van der Waals surface area contributed by atoms with E-state index in [0.29, 0.717) is 18.7 Å². The molecule has 1 heterocycles. The van der Waals surface area contributed by atoms with Gasteiger partial charge < -0.3 is 15.3 Å². The number of rotatable bonds is 4. The van der Waals surface area contributed by atoms with Crippen LogP contribution in [0.25, 0.3) is 0 Å². The van der Waals surface area contributed by atoms with Crippen molar-refractivity contribution in [2.45, 2.75) is 70.0 Å². The molecule has 0 aromatic heterocycles. The lowest BCUT2D eigenvalue weighted by Gasteiger charge is -2.39. The molecule has 3 rings (SSSR count). The van der Waals surface area contributed by atoms with Crippen LogP contribution in [-0.4, -0.2) is 47.3 Å². The van der Waals surface area contributed by atoms with Crippen LogP contribution >= 0.6 is 0 Å². The summed E-state index contributed by atoms with van der Waals surface area (Å²) < 4.78 is 0. The zero-order valence-electron chi connectivity index (χ0n) is 12.6. The Morgan fingerprint density at radius 3 is 2.58 bits per heavy atom. The predicted octanol–water partition coefficient (Wildman–Crippen LogP) is 2.00. The maximum atomic E-state index is 9.82. The predicted molar refractivity (Wildman–Crippen MR) is 78.1 cm³/mol. The Morgan fingerprint density at radius 2 is 1.95 bits per heavy atom. The molecule has 3 aliphatic rings. The molecule has 0 aromatic carbocycles. The van der Waals surface area contributed by atoms with Crippen molar-refractivity contribution in [3.05, 3.63) is 0 Å². The molecule has 2 aliphatic carbocycles. The first-order valence-corrected chi connectivity index (χ1v) is 8.24. The van der Waals surface area contributed by atoms with Crippen molar-refractivity contribution < 1.29 is 5.11 Å². The minimum atomic E-state index is 0.0398. The summed E-state index contributed by atoms with van der Waals surface area (Å²) in [5, 5.41) is 13.6. The molecule has 3 heteroatoms. The number of hydrogen-bond donors (Lipinski definition) is 2. The number of aliphatic hydroxyl groups excluding tert-OH is 1. The van der Waals surface area contributed by atoms with Gasteiger partial charge in [-0.2, -0.15) is 0 Å². The summed E-state index contributed by atoms with van der Waals surface area (Å²) in [6.45, 7) is 7.63. The van der Waals surface area contributed by atoms with Crippen LogP contribution in [0.5, 0.6) is 0 Å². The first-order valence-electron chi connectivity index (χ1n) is 8.24. The van der Waals surface area contributed by atoms with E-state index in [9.17, 15) is 5.11 Å². The van der Waals surface area contributed by atoms with Crippen LogP contribution in [0.1, 0.15) is 52.4 Å². The molecule has 0 amide bonds. The van der Waals surface area contributed by atoms with E-state index in [-0.39, 0.29) is 5.54 Å². The van der Waals surface area contributed by atoms with Gasteiger partial charge in [-0.3, -0.25) is 0 Å². The molecule has 3 nitrogen and oxygen atoms in total. The van der Waals surface area contributed by atoms with E-state index in [1.165, 1.54) is 38.8 Å². The van der Waals surface area contributed by atoms with Crippen molar-refractivity contribution in [1.82, 2.24) is 10.2 Å². The van der Waals surface area contributed by atoms with Crippen LogP contribution in [0, 0.1) is 11.8 Å². The molecule has 19 heavy (non-hydrogen) atoms. The van der Waals surface area contributed by atoms with Crippen LogP contribution in [-0.2, 0) is 0 Å². The summed E-state index contributed by atoms with van der Waals surface area (Å²) in [6.07, 6.45) is 7.54. The van der Waals surface area contributed by atoms with Crippen LogP contribution < -0.4 is 5.32 Å². The van der Waals surface area contributed by atoms with Gasteiger partial charge in [0.1, 0.15) is 0 Å². The van der Waals surface area contributed by atoms with Crippen molar-refractivity contribution >= 4 is 0 Å². The maximum absolute atomic E-state index is 9.82. The highest BCUT2D eigenvalue weighted by molar-refractivity contribution is 5.03. The lowest BCUT2D eigenvalue weighted by Crippen LogP contribution is -2.50. The molecular weight excluding hydrogens is 236 g/mol. The Bertz CT molecular complexity index is 318. The third-order valence-corrected chi connectivity index (χ3v) is 5.85. The molecule has 0 aromatic rings. The first kappa shape index (κ1) is 13.8. The minimum absolute atomic E-state index is 0.0398. The monoisotopic (exact) mass is 266 g/mol. The van der Waals surface area contributed by atoms with E-state index in [0.717, 1.165) is 24.7 Å². The summed E-state index contributed by atoms with van der Waals surface area (Å²) >= 11 is 0. The Hall–Kier alpha value is -0.120. The van der Waals surface area contributed by atoms with Crippen molar-refractivity contribution in [3.63, 3.8) is 0 Å². The third kappa shape index (κ3) is 2.98. The van der Waals surface area contributed by atoms with E-state index in [1.807, 2.05) is 0 Å². The van der Waals surface area contributed by atoms with Crippen molar-refractivity contribution in [3.8, 4) is 0 Å². The second kappa shape index (κ2) is 5.34. The van der Waals surface area contributed by atoms with Gasteiger partial charge in [0.25, 0.3) is 0 Å². The molecule has 2 N–H and O–H groups in total. The molecule has 3 fully saturated rings. The van der Waals surface area contributed by atoms with Crippen LogP contribution in [0.2, 0.25) is 0 Å². The molecule has 0 bridgehead atoms. The van der Waals surface area contributed by atoms with E-state index < -0.39 is 0 Å². The van der Waals surface area contributed by atoms with Gasteiger partial charge in [0.2, 0.25) is 0 Å². The second-order valence-corrected chi connectivity index (χ2v) is 7.49. The van der Waals surface area contributed by atoms with Crippen molar-refractivity contribution in [2.75, 3.05) is 19.7 Å². The maximum Gasteiger partial charge on any atom is 0.0614 e. The molecule has 1 aliphatic heterocycles. The van der Waals surface area contributed by atoms with Crippen molar-refractivity contribution in [2.24, 2.45) is 11.8 Å². The SMILES string of the molecule is CC1CCN(C2CCC(CO)(NC3CC3)C2)CC1C. The molecular formula is C16H30N2O. The van der Waals surface area contributed by atoms with Gasteiger partial charge in [0.15, 0.2) is 0 Å². The Morgan fingerprint density at radius 1 is 1.16 bits per heavy atom. The number of nitrogens with zero attached hydrogens (tertiary/aromatic N) is 1. The van der Waals surface area contributed by atoms with Gasteiger partial charge in [-0.05, 0) is 56.9 Å². The van der Waals surface area contributed by atoms with Crippen LogP contribution in [0.4, 0.5) is 0 Å².